The average Bonchev–Trinajstić information content (AvgIpc) is 3.50. The van der Waals surface area contributed by atoms with Gasteiger partial charge in [0.15, 0.2) is 0 Å². The Morgan fingerprint density at radius 3 is 2.62 bits per heavy atom. The molecular weight excluding hydrogens is 651 g/mol. The van der Waals surface area contributed by atoms with Crippen molar-refractivity contribution < 1.29 is 34.1 Å². The fourth-order valence-corrected chi connectivity index (χ4v) is 5.58. The number of β-amino-alcohol motifs (C(OH)–C–C–N with tert-alkyl or cyclic N) is 1. The molecule has 0 bridgehead atoms. The maximum absolute atomic E-state index is 13.4. The van der Waals surface area contributed by atoms with Crippen molar-refractivity contribution in [1.29, 1.82) is 0 Å². The SMILES string of the molecule is Cc1ncsc1-c1ccc(CNC(=O)[C@@H]2C[C@@H](O)CN2C(=O)[C@@H](NC(=O)O)C(C)(C)C)c(OCCOCCI)c1. The number of thiazole rings is 1. The number of aromatic nitrogens is 1. The number of aryl methyl sites for hydroxylation is 1. The van der Waals surface area contributed by atoms with E-state index in [1.165, 1.54) is 16.2 Å². The molecule has 1 saturated heterocycles. The number of hydrogen-bond donors (Lipinski definition) is 4. The van der Waals surface area contributed by atoms with Gasteiger partial charge in [-0.2, -0.15) is 0 Å². The molecule has 2 heterocycles. The molecule has 0 unspecified atom stereocenters. The molecule has 0 aliphatic carbocycles. The van der Waals surface area contributed by atoms with Crippen molar-refractivity contribution in [2.45, 2.75) is 58.8 Å². The monoisotopic (exact) mass is 688 g/mol. The topological polar surface area (TPSA) is 150 Å². The smallest absolute Gasteiger partial charge is 0.405 e. The number of nitrogens with one attached hydrogen (secondary N) is 2. The van der Waals surface area contributed by atoms with Gasteiger partial charge in [-0.25, -0.2) is 9.78 Å². The van der Waals surface area contributed by atoms with Gasteiger partial charge in [0.2, 0.25) is 11.8 Å². The van der Waals surface area contributed by atoms with E-state index in [2.05, 4.69) is 38.2 Å². The van der Waals surface area contributed by atoms with E-state index in [9.17, 15) is 24.6 Å². The number of carbonyl (C=O) groups excluding carboxylic acids is 2. The second kappa shape index (κ2) is 14.4. The maximum Gasteiger partial charge on any atom is 0.405 e. The Balaban J connectivity index is 1.76. The molecule has 1 fully saturated rings. The van der Waals surface area contributed by atoms with Gasteiger partial charge in [-0.15, -0.1) is 11.3 Å². The zero-order chi connectivity index (χ0) is 29.4. The van der Waals surface area contributed by atoms with Gasteiger partial charge in [0.1, 0.15) is 24.4 Å². The zero-order valence-electron chi connectivity index (χ0n) is 23.1. The lowest BCUT2D eigenvalue weighted by Crippen LogP contribution is -2.57. The van der Waals surface area contributed by atoms with Gasteiger partial charge >= 0.3 is 6.09 Å². The highest BCUT2D eigenvalue weighted by Crippen LogP contribution is 2.32. The third kappa shape index (κ3) is 8.51. The van der Waals surface area contributed by atoms with Crippen molar-refractivity contribution in [3.63, 3.8) is 0 Å². The summed E-state index contributed by atoms with van der Waals surface area (Å²) >= 11 is 3.77. The highest BCUT2D eigenvalue weighted by molar-refractivity contribution is 14.1. The van der Waals surface area contributed by atoms with Crippen molar-refractivity contribution in [3.8, 4) is 16.2 Å². The summed E-state index contributed by atoms with van der Waals surface area (Å²) in [6.07, 6.45) is -2.17. The molecular formula is C27H37IN4O7S. The molecule has 1 aliphatic heterocycles. The first kappa shape index (κ1) is 32.0. The minimum atomic E-state index is -1.33. The van der Waals surface area contributed by atoms with Crippen LogP contribution in [-0.2, 0) is 20.9 Å². The van der Waals surface area contributed by atoms with Crippen LogP contribution in [0.3, 0.4) is 0 Å². The number of halogens is 1. The second-order valence-electron chi connectivity index (χ2n) is 10.6. The lowest BCUT2D eigenvalue weighted by molar-refractivity contribution is -0.142. The Morgan fingerprint density at radius 2 is 2.00 bits per heavy atom. The van der Waals surface area contributed by atoms with E-state index in [0.29, 0.717) is 25.6 Å². The van der Waals surface area contributed by atoms with Crippen LogP contribution in [0.4, 0.5) is 4.79 Å². The number of ether oxygens (including phenoxy) is 2. The van der Waals surface area contributed by atoms with E-state index < -0.39 is 41.5 Å². The Labute approximate surface area is 251 Å². The Bertz CT molecular complexity index is 1190. The van der Waals surface area contributed by atoms with Gasteiger partial charge in [-0.3, -0.25) is 9.59 Å². The van der Waals surface area contributed by atoms with Gasteiger partial charge in [-0.1, -0.05) is 55.5 Å². The molecule has 2 aromatic rings. The quantitative estimate of drug-likeness (QED) is 0.151. The van der Waals surface area contributed by atoms with Gasteiger partial charge < -0.3 is 35.2 Å². The lowest BCUT2D eigenvalue weighted by Gasteiger charge is -2.34. The molecule has 220 valence electrons. The molecule has 3 amide bonds. The summed E-state index contributed by atoms with van der Waals surface area (Å²) in [5.74, 6) is -0.389. The molecule has 13 heteroatoms. The molecule has 3 atom stereocenters. The van der Waals surface area contributed by atoms with Crippen molar-refractivity contribution in [2.24, 2.45) is 5.41 Å². The number of alkyl halides is 1. The first-order chi connectivity index (χ1) is 18.9. The van der Waals surface area contributed by atoms with Crippen LogP contribution in [0.2, 0.25) is 0 Å². The number of benzene rings is 1. The van der Waals surface area contributed by atoms with Crippen LogP contribution in [0.1, 0.15) is 38.4 Å². The van der Waals surface area contributed by atoms with Crippen LogP contribution in [0.25, 0.3) is 10.4 Å². The van der Waals surface area contributed by atoms with E-state index in [0.717, 1.165) is 26.1 Å². The molecule has 1 aliphatic rings. The lowest BCUT2D eigenvalue weighted by atomic mass is 9.85. The van der Waals surface area contributed by atoms with E-state index in [4.69, 9.17) is 9.47 Å². The predicted octanol–water partition coefficient (Wildman–Crippen LogP) is 3.21. The van der Waals surface area contributed by atoms with Crippen molar-refractivity contribution in [3.05, 3.63) is 35.0 Å². The summed E-state index contributed by atoms with van der Waals surface area (Å²) in [6, 6.07) is 3.73. The van der Waals surface area contributed by atoms with Crippen LogP contribution < -0.4 is 15.4 Å². The van der Waals surface area contributed by atoms with Gasteiger partial charge in [0.25, 0.3) is 0 Å². The number of aliphatic hydroxyl groups is 1. The van der Waals surface area contributed by atoms with Crippen LogP contribution in [0.5, 0.6) is 5.75 Å². The summed E-state index contributed by atoms with van der Waals surface area (Å²) in [4.78, 5) is 44.6. The van der Waals surface area contributed by atoms with Crippen LogP contribution >= 0.6 is 33.9 Å². The summed E-state index contributed by atoms with van der Waals surface area (Å²) in [5.41, 5.74) is 3.65. The molecule has 1 aromatic heterocycles. The third-order valence-electron chi connectivity index (χ3n) is 6.48. The highest BCUT2D eigenvalue weighted by atomic mass is 127. The van der Waals surface area contributed by atoms with Gasteiger partial charge in [-0.05, 0) is 24.0 Å². The molecule has 4 N–H and O–H groups in total. The third-order valence-corrected chi connectivity index (χ3v) is 7.90. The fourth-order valence-electron chi connectivity index (χ4n) is 4.47. The first-order valence-corrected chi connectivity index (χ1v) is 15.4. The van der Waals surface area contributed by atoms with E-state index in [1.54, 1.807) is 26.3 Å². The maximum atomic E-state index is 13.4. The summed E-state index contributed by atoms with van der Waals surface area (Å²) in [6.45, 7) is 8.62. The van der Waals surface area contributed by atoms with Gasteiger partial charge in [0, 0.05) is 29.5 Å². The molecule has 3 rings (SSSR count). The second-order valence-corrected chi connectivity index (χ2v) is 12.5. The number of carboxylic acid groups (broad SMARTS) is 1. The van der Waals surface area contributed by atoms with Crippen molar-refractivity contribution in [2.75, 3.05) is 30.8 Å². The number of amides is 3. The molecule has 0 saturated carbocycles. The Hall–Kier alpha value is -2.49. The largest absolute Gasteiger partial charge is 0.491 e. The summed E-state index contributed by atoms with van der Waals surface area (Å²) in [7, 11) is 0. The fraction of sp³-hybridized carbons (Fsp3) is 0.556. The van der Waals surface area contributed by atoms with E-state index in [-0.39, 0.29) is 19.5 Å². The normalized spacial score (nSPS) is 17.9. The van der Waals surface area contributed by atoms with Gasteiger partial charge in [0.05, 0.1) is 35.4 Å². The number of hydrogen-bond acceptors (Lipinski definition) is 8. The van der Waals surface area contributed by atoms with Crippen LogP contribution in [-0.4, -0.2) is 87.0 Å². The number of carbonyl (C=O) groups is 3. The van der Waals surface area contributed by atoms with Crippen molar-refractivity contribution in [1.82, 2.24) is 20.5 Å². The van der Waals surface area contributed by atoms with Crippen LogP contribution in [0.15, 0.2) is 23.7 Å². The summed E-state index contributed by atoms with van der Waals surface area (Å²) in [5, 5.41) is 24.7. The first-order valence-electron chi connectivity index (χ1n) is 13.0. The number of likely N-dealkylation sites (tertiary alicyclic amines) is 1. The molecule has 0 spiro atoms. The molecule has 11 nitrogen and oxygen atoms in total. The Kier molecular flexibility index (Phi) is 11.5. The minimum absolute atomic E-state index is 0.0563. The number of nitrogens with zero attached hydrogens (tertiary/aromatic N) is 2. The molecule has 0 radical (unpaired) electrons. The zero-order valence-corrected chi connectivity index (χ0v) is 26.1. The average molecular weight is 689 g/mol. The highest BCUT2D eigenvalue weighted by Gasteiger charge is 2.44. The van der Waals surface area contributed by atoms with E-state index >= 15 is 0 Å². The minimum Gasteiger partial charge on any atom is -0.491 e. The number of rotatable bonds is 12. The number of aliphatic hydroxyl groups excluding tert-OH is 1. The standard InChI is InChI=1S/C27H37IN4O7S/c1-16-22(40-15-30-16)17-5-6-18(21(11-17)39-10-9-38-8-7-28)13-29-24(34)20-12-19(33)14-32(20)25(35)23(27(2,3)4)31-26(36)37/h5-6,11,15,19-20,23,31,33H,7-10,12-14H2,1-4H3,(H,29,34)(H,36,37)/t19-,20+,23-/m1/s1. The van der Waals surface area contributed by atoms with E-state index in [1.807, 2.05) is 25.1 Å². The molecule has 1 aromatic carbocycles. The van der Waals surface area contributed by atoms with Crippen LogP contribution in [0, 0.1) is 12.3 Å². The molecule has 40 heavy (non-hydrogen) atoms. The Morgan fingerprint density at radius 1 is 1.25 bits per heavy atom. The predicted molar refractivity (Wildman–Crippen MR) is 160 cm³/mol. The van der Waals surface area contributed by atoms with Crippen molar-refractivity contribution >= 4 is 51.8 Å². The summed E-state index contributed by atoms with van der Waals surface area (Å²) < 4.78 is 12.5.